The first-order valence-corrected chi connectivity index (χ1v) is 8.16. The fraction of sp³-hybridized carbons (Fsp3) is 0. The molecule has 0 aliphatic heterocycles. The first-order valence-electron chi connectivity index (χ1n) is 7.41. The van der Waals surface area contributed by atoms with Gasteiger partial charge in [-0.15, -0.1) is 5.10 Å². The molecule has 0 radical (unpaired) electrons. The second-order valence-electron chi connectivity index (χ2n) is 5.10. The first-order chi connectivity index (χ1) is 11.7. The Morgan fingerprint density at radius 1 is 0.708 bits per heavy atom. The Labute approximate surface area is 151 Å². The third kappa shape index (κ3) is 4.10. The molecule has 0 saturated heterocycles. The van der Waals surface area contributed by atoms with Gasteiger partial charge in [0.25, 0.3) is 0 Å². The molecule has 0 spiro atoms. The minimum Gasteiger partial charge on any atom is -0.158 e. The van der Waals surface area contributed by atoms with E-state index in [0.29, 0.717) is 10.0 Å². The van der Waals surface area contributed by atoms with Crippen LogP contribution >= 0.6 is 23.2 Å². The second-order valence-corrected chi connectivity index (χ2v) is 5.91. The van der Waals surface area contributed by atoms with Crippen molar-refractivity contribution in [1.29, 1.82) is 0 Å². The third-order valence-corrected chi connectivity index (χ3v) is 4.14. The predicted octanol–water partition coefficient (Wildman–Crippen LogP) is 5.86. The van der Waals surface area contributed by atoms with Crippen molar-refractivity contribution in [3.05, 3.63) is 106 Å². The summed E-state index contributed by atoms with van der Waals surface area (Å²) in [6, 6.07) is 25.3. The third-order valence-electron chi connectivity index (χ3n) is 3.40. The molecule has 0 aliphatic carbocycles. The fourth-order valence-corrected chi connectivity index (χ4v) is 2.53. The van der Waals surface area contributed by atoms with Crippen LogP contribution in [0.25, 0.3) is 0 Å². The summed E-state index contributed by atoms with van der Waals surface area (Å²) in [5, 5.41) is 9.66. The molecule has 0 N–H and O–H groups in total. The highest BCUT2D eigenvalue weighted by atomic mass is 35.5. The van der Waals surface area contributed by atoms with Gasteiger partial charge in [-0.25, -0.2) is 0 Å². The average Bonchev–Trinajstić information content (AvgIpc) is 2.63. The van der Waals surface area contributed by atoms with Gasteiger partial charge in [0.15, 0.2) is 0 Å². The molecule has 2 nitrogen and oxygen atoms in total. The molecule has 0 bridgehead atoms. The van der Waals surface area contributed by atoms with Gasteiger partial charge in [-0.2, -0.15) is 5.10 Å². The van der Waals surface area contributed by atoms with Crippen molar-refractivity contribution in [1.82, 2.24) is 0 Å². The van der Waals surface area contributed by atoms with Crippen LogP contribution in [0.15, 0.2) is 89.1 Å². The molecule has 0 heterocycles. The van der Waals surface area contributed by atoms with Crippen LogP contribution in [0.1, 0.15) is 16.7 Å². The van der Waals surface area contributed by atoms with E-state index in [2.05, 4.69) is 10.2 Å². The summed E-state index contributed by atoms with van der Waals surface area (Å²) in [6.07, 6.45) is 1.66. The van der Waals surface area contributed by atoms with Crippen LogP contribution in [0, 0.1) is 0 Å². The molecule has 4 heteroatoms. The Morgan fingerprint density at radius 2 is 1.29 bits per heavy atom. The van der Waals surface area contributed by atoms with Crippen molar-refractivity contribution in [3.8, 4) is 0 Å². The van der Waals surface area contributed by atoms with Gasteiger partial charge in [0.05, 0.1) is 16.3 Å². The second kappa shape index (κ2) is 7.91. The lowest BCUT2D eigenvalue weighted by atomic mass is 10.0. The number of halogens is 2. The van der Waals surface area contributed by atoms with Crippen LogP contribution in [0.3, 0.4) is 0 Å². The van der Waals surface area contributed by atoms with E-state index in [-0.39, 0.29) is 0 Å². The summed E-state index contributed by atoms with van der Waals surface area (Å²) in [4.78, 5) is 0. The number of hydrogen-bond donors (Lipinski definition) is 0. The highest BCUT2D eigenvalue weighted by Crippen LogP contribution is 2.21. The van der Waals surface area contributed by atoms with Crippen molar-refractivity contribution in [2.24, 2.45) is 10.2 Å². The number of hydrogen-bond acceptors (Lipinski definition) is 2. The van der Waals surface area contributed by atoms with E-state index >= 15 is 0 Å². The summed E-state index contributed by atoms with van der Waals surface area (Å²) in [5.74, 6) is 0. The van der Waals surface area contributed by atoms with Gasteiger partial charge in [-0.05, 0) is 17.7 Å². The predicted molar refractivity (Wildman–Crippen MR) is 103 cm³/mol. The van der Waals surface area contributed by atoms with Crippen molar-refractivity contribution >= 4 is 35.1 Å². The number of rotatable bonds is 4. The van der Waals surface area contributed by atoms with Crippen molar-refractivity contribution in [2.45, 2.75) is 0 Å². The number of nitrogens with zero attached hydrogens (tertiary/aromatic N) is 2. The monoisotopic (exact) mass is 352 g/mol. The Morgan fingerprint density at radius 3 is 1.83 bits per heavy atom. The van der Waals surface area contributed by atoms with Crippen LogP contribution in [-0.4, -0.2) is 11.9 Å². The molecule has 0 aliphatic rings. The zero-order valence-electron chi connectivity index (χ0n) is 12.7. The van der Waals surface area contributed by atoms with Crippen LogP contribution < -0.4 is 0 Å². The fourth-order valence-electron chi connectivity index (χ4n) is 2.22. The summed E-state index contributed by atoms with van der Waals surface area (Å²) in [6.45, 7) is 0. The maximum absolute atomic E-state index is 6.02. The minimum atomic E-state index is 0.496. The quantitative estimate of drug-likeness (QED) is 0.414. The van der Waals surface area contributed by atoms with E-state index in [1.54, 1.807) is 18.3 Å². The van der Waals surface area contributed by atoms with Gasteiger partial charge in [0.1, 0.15) is 5.71 Å². The lowest BCUT2D eigenvalue weighted by Gasteiger charge is -2.05. The molecule has 3 rings (SSSR count). The lowest BCUT2D eigenvalue weighted by Crippen LogP contribution is -2.02. The van der Waals surface area contributed by atoms with Crippen LogP contribution in [0.4, 0.5) is 0 Å². The van der Waals surface area contributed by atoms with E-state index in [4.69, 9.17) is 23.2 Å². The van der Waals surface area contributed by atoms with Gasteiger partial charge in [-0.3, -0.25) is 0 Å². The van der Waals surface area contributed by atoms with Gasteiger partial charge < -0.3 is 0 Å². The van der Waals surface area contributed by atoms with Crippen LogP contribution in [-0.2, 0) is 0 Å². The molecular formula is C20H14Cl2N2. The summed E-state index contributed by atoms with van der Waals surface area (Å²) in [5.41, 5.74) is 3.67. The molecule has 0 amide bonds. The van der Waals surface area contributed by atoms with Crippen molar-refractivity contribution < 1.29 is 0 Å². The van der Waals surface area contributed by atoms with E-state index in [1.165, 1.54) is 0 Å². The molecule has 3 aromatic rings. The summed E-state index contributed by atoms with van der Waals surface area (Å²) in [7, 11) is 0. The molecule has 0 unspecified atom stereocenters. The maximum atomic E-state index is 6.02. The van der Waals surface area contributed by atoms with Gasteiger partial charge in [-0.1, -0.05) is 89.9 Å². The molecule has 0 aromatic heterocycles. The molecule has 0 saturated carbocycles. The highest BCUT2D eigenvalue weighted by Gasteiger charge is 2.05. The Balaban J connectivity index is 1.95. The zero-order chi connectivity index (χ0) is 16.8. The summed E-state index contributed by atoms with van der Waals surface area (Å²) >= 11 is 11.9. The lowest BCUT2D eigenvalue weighted by molar-refractivity contribution is 1.24. The molecular weight excluding hydrogens is 339 g/mol. The number of benzene rings is 3. The normalized spacial score (nSPS) is 10.8. The molecule has 118 valence electrons. The molecule has 0 atom stereocenters. The summed E-state index contributed by atoms with van der Waals surface area (Å²) < 4.78 is 0. The molecule has 24 heavy (non-hydrogen) atoms. The zero-order valence-corrected chi connectivity index (χ0v) is 14.2. The smallest absolute Gasteiger partial charge is 0.100 e. The van der Waals surface area contributed by atoms with Crippen LogP contribution in [0.2, 0.25) is 10.0 Å². The van der Waals surface area contributed by atoms with Crippen molar-refractivity contribution in [3.63, 3.8) is 0 Å². The Bertz CT molecular complexity index is 831. The average molecular weight is 353 g/mol. The van der Waals surface area contributed by atoms with Crippen LogP contribution in [0.5, 0.6) is 0 Å². The van der Waals surface area contributed by atoms with E-state index in [1.807, 2.05) is 66.7 Å². The largest absolute Gasteiger partial charge is 0.158 e. The molecule has 0 fully saturated rings. The SMILES string of the molecule is Clc1ccc(C=NN=C(c2ccccc2)c2ccccc2)cc1Cl. The van der Waals surface area contributed by atoms with E-state index in [9.17, 15) is 0 Å². The minimum absolute atomic E-state index is 0.496. The molecule has 3 aromatic carbocycles. The van der Waals surface area contributed by atoms with E-state index in [0.717, 1.165) is 22.4 Å². The Hall–Kier alpha value is -2.42. The van der Waals surface area contributed by atoms with Gasteiger partial charge in [0, 0.05) is 11.1 Å². The maximum Gasteiger partial charge on any atom is 0.100 e. The Kier molecular flexibility index (Phi) is 5.42. The standard InChI is InChI=1S/C20H14Cl2N2/c21-18-12-11-15(13-19(18)22)14-23-24-20(16-7-3-1-4-8-16)17-9-5-2-6-10-17/h1-14H. The van der Waals surface area contributed by atoms with Gasteiger partial charge >= 0.3 is 0 Å². The highest BCUT2D eigenvalue weighted by molar-refractivity contribution is 6.42. The van der Waals surface area contributed by atoms with Crippen molar-refractivity contribution in [2.75, 3.05) is 0 Å². The van der Waals surface area contributed by atoms with E-state index < -0.39 is 0 Å². The first kappa shape index (κ1) is 16.4. The van der Waals surface area contributed by atoms with Gasteiger partial charge in [0.2, 0.25) is 0 Å². The topological polar surface area (TPSA) is 24.7 Å².